The average molecular weight is 289 g/mol. The predicted molar refractivity (Wildman–Crippen MR) is 81.5 cm³/mol. The van der Waals surface area contributed by atoms with Gasteiger partial charge in [0.1, 0.15) is 5.82 Å². The highest BCUT2D eigenvalue weighted by Crippen LogP contribution is 2.32. The Morgan fingerprint density at radius 1 is 1.29 bits per heavy atom. The van der Waals surface area contributed by atoms with Gasteiger partial charge >= 0.3 is 0 Å². The van der Waals surface area contributed by atoms with Crippen LogP contribution in [0.3, 0.4) is 0 Å². The molecule has 2 heterocycles. The molecule has 1 aliphatic heterocycles. The minimum atomic E-state index is 0.313. The van der Waals surface area contributed by atoms with Crippen molar-refractivity contribution >= 4 is 11.7 Å². The number of nitrogens with zero attached hydrogens (tertiary/aromatic N) is 3. The van der Waals surface area contributed by atoms with Crippen LogP contribution in [-0.4, -0.2) is 49.1 Å². The normalized spacial score (nSPS) is 19.4. The molecule has 0 unspecified atom stereocenters. The molecular formula is C16H23N3O2. The standard InChI is InChI=1S/C16H23N3O2/c1-18(16(20)12-6-7-12)13-8-10-19(11-9-13)14-4-3-5-15(17-14)21-2/h3-5,12-13H,6-11H2,1-2H3. The second-order valence-corrected chi connectivity index (χ2v) is 5.98. The number of amides is 1. The van der Waals surface area contributed by atoms with E-state index in [2.05, 4.69) is 9.88 Å². The highest BCUT2D eigenvalue weighted by Gasteiger charge is 2.35. The smallest absolute Gasteiger partial charge is 0.225 e. The van der Waals surface area contributed by atoms with Crippen LogP contribution < -0.4 is 9.64 Å². The Morgan fingerprint density at radius 2 is 2.00 bits per heavy atom. The Balaban J connectivity index is 1.58. The molecule has 0 aromatic carbocycles. The molecule has 2 fully saturated rings. The lowest BCUT2D eigenvalue weighted by Gasteiger charge is -2.37. The third kappa shape index (κ3) is 3.12. The van der Waals surface area contributed by atoms with Crippen molar-refractivity contribution in [3.8, 4) is 5.88 Å². The zero-order valence-corrected chi connectivity index (χ0v) is 12.8. The first-order valence-electron chi connectivity index (χ1n) is 7.71. The van der Waals surface area contributed by atoms with E-state index in [1.165, 1.54) is 0 Å². The molecule has 0 spiro atoms. The Labute approximate surface area is 125 Å². The molecule has 1 saturated heterocycles. The van der Waals surface area contributed by atoms with Crippen molar-refractivity contribution in [1.82, 2.24) is 9.88 Å². The minimum Gasteiger partial charge on any atom is -0.481 e. The van der Waals surface area contributed by atoms with E-state index in [9.17, 15) is 4.79 Å². The van der Waals surface area contributed by atoms with E-state index in [1.807, 2.05) is 30.1 Å². The Hall–Kier alpha value is -1.78. The van der Waals surface area contributed by atoms with Gasteiger partial charge in [-0.15, -0.1) is 0 Å². The Morgan fingerprint density at radius 3 is 2.62 bits per heavy atom. The fraction of sp³-hybridized carbons (Fsp3) is 0.625. The molecule has 0 N–H and O–H groups in total. The fourth-order valence-electron chi connectivity index (χ4n) is 2.97. The van der Waals surface area contributed by atoms with Crippen LogP contribution in [0.4, 0.5) is 5.82 Å². The van der Waals surface area contributed by atoms with Crippen LogP contribution in [-0.2, 0) is 4.79 Å². The molecule has 5 nitrogen and oxygen atoms in total. The number of ether oxygens (including phenoxy) is 1. The first kappa shape index (κ1) is 14.2. The average Bonchev–Trinajstić information content (AvgIpc) is 3.38. The number of pyridine rings is 1. The van der Waals surface area contributed by atoms with Crippen LogP contribution in [0.25, 0.3) is 0 Å². The molecule has 5 heteroatoms. The summed E-state index contributed by atoms with van der Waals surface area (Å²) in [5, 5.41) is 0. The van der Waals surface area contributed by atoms with Gasteiger partial charge in [-0.1, -0.05) is 6.07 Å². The van der Waals surface area contributed by atoms with Gasteiger partial charge in [0.25, 0.3) is 0 Å². The maximum Gasteiger partial charge on any atom is 0.225 e. The largest absolute Gasteiger partial charge is 0.481 e. The van der Waals surface area contributed by atoms with Crippen LogP contribution in [0.5, 0.6) is 5.88 Å². The first-order valence-corrected chi connectivity index (χ1v) is 7.71. The van der Waals surface area contributed by atoms with Gasteiger partial charge < -0.3 is 14.5 Å². The molecule has 1 aliphatic carbocycles. The summed E-state index contributed by atoms with van der Waals surface area (Å²) >= 11 is 0. The van der Waals surface area contributed by atoms with E-state index >= 15 is 0 Å². The third-order valence-electron chi connectivity index (χ3n) is 4.53. The summed E-state index contributed by atoms with van der Waals surface area (Å²) in [5.41, 5.74) is 0. The van der Waals surface area contributed by atoms with Gasteiger partial charge in [-0.2, -0.15) is 4.98 Å². The molecule has 0 bridgehead atoms. The van der Waals surface area contributed by atoms with Gasteiger partial charge in [-0.25, -0.2) is 0 Å². The van der Waals surface area contributed by atoms with Crippen LogP contribution in [0.2, 0.25) is 0 Å². The molecule has 114 valence electrons. The number of rotatable bonds is 4. The molecular weight excluding hydrogens is 266 g/mol. The fourth-order valence-corrected chi connectivity index (χ4v) is 2.97. The molecule has 1 aromatic heterocycles. The maximum absolute atomic E-state index is 12.1. The van der Waals surface area contributed by atoms with Gasteiger partial charge in [0.2, 0.25) is 11.8 Å². The summed E-state index contributed by atoms with van der Waals surface area (Å²) in [6, 6.07) is 6.22. The second-order valence-electron chi connectivity index (χ2n) is 5.98. The summed E-state index contributed by atoms with van der Waals surface area (Å²) < 4.78 is 5.18. The highest BCUT2D eigenvalue weighted by atomic mass is 16.5. The molecule has 1 saturated carbocycles. The molecule has 1 aromatic rings. The zero-order chi connectivity index (χ0) is 14.8. The van der Waals surface area contributed by atoms with E-state index in [-0.39, 0.29) is 0 Å². The minimum absolute atomic E-state index is 0.313. The summed E-state index contributed by atoms with van der Waals surface area (Å²) in [6.07, 6.45) is 4.17. The third-order valence-corrected chi connectivity index (χ3v) is 4.53. The van der Waals surface area contributed by atoms with E-state index in [4.69, 9.17) is 4.74 Å². The van der Waals surface area contributed by atoms with Crippen LogP contribution in [0.1, 0.15) is 25.7 Å². The van der Waals surface area contributed by atoms with E-state index in [0.717, 1.165) is 44.6 Å². The van der Waals surface area contributed by atoms with E-state index in [0.29, 0.717) is 23.7 Å². The van der Waals surface area contributed by atoms with Gasteiger partial charge in [-0.3, -0.25) is 4.79 Å². The van der Waals surface area contributed by atoms with Crippen molar-refractivity contribution in [2.75, 3.05) is 32.1 Å². The van der Waals surface area contributed by atoms with Crippen molar-refractivity contribution in [3.63, 3.8) is 0 Å². The molecule has 3 rings (SSSR count). The number of piperidine rings is 1. The van der Waals surface area contributed by atoms with Crippen molar-refractivity contribution in [2.24, 2.45) is 5.92 Å². The number of anilines is 1. The van der Waals surface area contributed by atoms with Crippen LogP contribution in [0, 0.1) is 5.92 Å². The lowest BCUT2D eigenvalue weighted by Crippen LogP contribution is -2.46. The lowest BCUT2D eigenvalue weighted by molar-refractivity contribution is -0.133. The first-order chi connectivity index (χ1) is 10.2. The molecule has 0 radical (unpaired) electrons. The molecule has 0 atom stereocenters. The number of methoxy groups -OCH3 is 1. The van der Waals surface area contributed by atoms with Crippen molar-refractivity contribution in [3.05, 3.63) is 18.2 Å². The zero-order valence-electron chi connectivity index (χ0n) is 12.8. The Bertz CT molecular complexity index is 508. The van der Waals surface area contributed by atoms with E-state index < -0.39 is 0 Å². The second kappa shape index (κ2) is 5.92. The van der Waals surface area contributed by atoms with E-state index in [1.54, 1.807) is 7.11 Å². The van der Waals surface area contributed by atoms with Crippen molar-refractivity contribution < 1.29 is 9.53 Å². The maximum atomic E-state index is 12.1. The van der Waals surface area contributed by atoms with Gasteiger partial charge in [0.05, 0.1) is 7.11 Å². The summed E-state index contributed by atoms with van der Waals surface area (Å²) in [5.74, 6) is 2.26. The predicted octanol–water partition coefficient (Wildman–Crippen LogP) is 1.93. The van der Waals surface area contributed by atoms with Gasteiger partial charge in [0, 0.05) is 38.2 Å². The summed E-state index contributed by atoms with van der Waals surface area (Å²) in [6.45, 7) is 1.88. The number of hydrogen-bond donors (Lipinski definition) is 0. The SMILES string of the molecule is COc1cccc(N2CCC(N(C)C(=O)C3CC3)CC2)n1. The lowest BCUT2D eigenvalue weighted by atomic mass is 10.0. The topological polar surface area (TPSA) is 45.7 Å². The molecule has 2 aliphatic rings. The molecule has 21 heavy (non-hydrogen) atoms. The molecule has 1 amide bonds. The summed E-state index contributed by atoms with van der Waals surface area (Å²) in [7, 11) is 3.60. The van der Waals surface area contributed by atoms with Crippen LogP contribution in [0.15, 0.2) is 18.2 Å². The number of carbonyl (C=O) groups excluding carboxylic acids is 1. The number of aromatic nitrogens is 1. The van der Waals surface area contributed by atoms with Gasteiger partial charge in [-0.05, 0) is 31.7 Å². The quantitative estimate of drug-likeness (QED) is 0.849. The van der Waals surface area contributed by atoms with Crippen molar-refractivity contribution in [2.45, 2.75) is 31.7 Å². The Kier molecular flexibility index (Phi) is 3.99. The highest BCUT2D eigenvalue weighted by molar-refractivity contribution is 5.81. The summed E-state index contributed by atoms with van der Waals surface area (Å²) in [4.78, 5) is 20.9. The van der Waals surface area contributed by atoms with Crippen LogP contribution >= 0.6 is 0 Å². The number of hydrogen-bond acceptors (Lipinski definition) is 4. The van der Waals surface area contributed by atoms with Crippen molar-refractivity contribution in [1.29, 1.82) is 0 Å². The van der Waals surface area contributed by atoms with Gasteiger partial charge in [0.15, 0.2) is 0 Å². The monoisotopic (exact) mass is 289 g/mol. The number of carbonyl (C=O) groups is 1.